The lowest BCUT2D eigenvalue weighted by molar-refractivity contribution is 0.293. The standard InChI is InChI=1S/C19H22O.C2H6/c1-13(2)17-10-9-16-11-14(3)18(16)19(17)20-12-15-7-5-4-6-8-15;1-2/h4-10,13-14H,11-12H2,1-3H3;1-2H3. The van der Waals surface area contributed by atoms with Crippen molar-refractivity contribution < 1.29 is 4.74 Å². The van der Waals surface area contributed by atoms with Gasteiger partial charge in [-0.15, -0.1) is 0 Å². The molecule has 0 saturated heterocycles. The van der Waals surface area contributed by atoms with Gasteiger partial charge in [0.1, 0.15) is 12.4 Å². The smallest absolute Gasteiger partial charge is 0.127 e. The van der Waals surface area contributed by atoms with Gasteiger partial charge in [0.05, 0.1) is 0 Å². The average molecular weight is 296 g/mol. The Bertz CT molecular complexity index is 599. The molecule has 0 aliphatic heterocycles. The van der Waals surface area contributed by atoms with Gasteiger partial charge in [-0.05, 0) is 34.9 Å². The van der Waals surface area contributed by atoms with Crippen LogP contribution in [-0.2, 0) is 13.0 Å². The van der Waals surface area contributed by atoms with Gasteiger partial charge >= 0.3 is 0 Å². The van der Waals surface area contributed by atoms with Gasteiger partial charge in [0.15, 0.2) is 0 Å². The van der Waals surface area contributed by atoms with Crippen LogP contribution in [0.15, 0.2) is 42.5 Å². The fourth-order valence-corrected chi connectivity index (χ4v) is 3.02. The predicted molar refractivity (Wildman–Crippen MR) is 94.8 cm³/mol. The highest BCUT2D eigenvalue weighted by molar-refractivity contribution is 5.54. The van der Waals surface area contributed by atoms with Crippen LogP contribution in [0.2, 0.25) is 0 Å². The summed E-state index contributed by atoms with van der Waals surface area (Å²) in [5.41, 5.74) is 5.47. The highest BCUT2D eigenvalue weighted by Crippen LogP contribution is 2.45. The number of hydrogen-bond acceptors (Lipinski definition) is 1. The van der Waals surface area contributed by atoms with E-state index in [2.05, 4.69) is 57.2 Å². The summed E-state index contributed by atoms with van der Waals surface area (Å²) in [6, 6.07) is 14.9. The molecular weight excluding hydrogens is 268 g/mol. The van der Waals surface area contributed by atoms with E-state index in [1.54, 1.807) is 0 Å². The summed E-state index contributed by atoms with van der Waals surface area (Å²) in [6.45, 7) is 11.4. The highest BCUT2D eigenvalue weighted by atomic mass is 16.5. The van der Waals surface area contributed by atoms with Gasteiger partial charge in [-0.2, -0.15) is 0 Å². The molecule has 1 unspecified atom stereocenters. The summed E-state index contributed by atoms with van der Waals surface area (Å²) >= 11 is 0. The Morgan fingerprint density at radius 1 is 1.05 bits per heavy atom. The molecule has 0 amide bonds. The van der Waals surface area contributed by atoms with E-state index in [4.69, 9.17) is 4.74 Å². The number of rotatable bonds is 4. The lowest BCUT2D eigenvalue weighted by Gasteiger charge is -2.32. The number of fused-ring (bicyclic) bond motifs is 1. The first-order valence-corrected chi connectivity index (χ1v) is 8.49. The van der Waals surface area contributed by atoms with Crippen LogP contribution < -0.4 is 4.74 Å². The van der Waals surface area contributed by atoms with Gasteiger partial charge in [0.2, 0.25) is 0 Å². The third-order valence-corrected chi connectivity index (χ3v) is 4.18. The minimum atomic E-state index is 0.499. The summed E-state index contributed by atoms with van der Waals surface area (Å²) in [6.07, 6.45) is 1.19. The molecule has 22 heavy (non-hydrogen) atoms. The Kier molecular flexibility index (Phi) is 5.65. The first-order chi connectivity index (χ1) is 10.7. The lowest BCUT2D eigenvalue weighted by Crippen LogP contribution is -2.17. The highest BCUT2D eigenvalue weighted by Gasteiger charge is 2.28. The molecule has 0 spiro atoms. The van der Waals surface area contributed by atoms with Crippen LogP contribution >= 0.6 is 0 Å². The van der Waals surface area contributed by atoms with E-state index >= 15 is 0 Å². The maximum atomic E-state index is 6.22. The molecule has 0 saturated carbocycles. The van der Waals surface area contributed by atoms with E-state index in [1.165, 1.54) is 28.7 Å². The summed E-state index contributed by atoms with van der Waals surface area (Å²) in [5.74, 6) is 2.27. The van der Waals surface area contributed by atoms with E-state index in [1.807, 2.05) is 19.9 Å². The van der Waals surface area contributed by atoms with E-state index < -0.39 is 0 Å². The Morgan fingerprint density at radius 3 is 2.32 bits per heavy atom. The Morgan fingerprint density at radius 2 is 1.73 bits per heavy atom. The maximum absolute atomic E-state index is 6.22. The average Bonchev–Trinajstić information content (AvgIpc) is 2.54. The van der Waals surface area contributed by atoms with Gasteiger partial charge in [-0.3, -0.25) is 0 Å². The third-order valence-electron chi connectivity index (χ3n) is 4.18. The largest absolute Gasteiger partial charge is 0.488 e. The van der Waals surface area contributed by atoms with Crippen molar-refractivity contribution in [2.24, 2.45) is 0 Å². The molecule has 0 radical (unpaired) electrons. The second-order valence-electron chi connectivity index (χ2n) is 6.09. The zero-order chi connectivity index (χ0) is 16.1. The Hall–Kier alpha value is -1.76. The van der Waals surface area contributed by atoms with E-state index in [0.29, 0.717) is 18.4 Å². The van der Waals surface area contributed by atoms with Crippen LogP contribution in [0, 0.1) is 0 Å². The van der Waals surface area contributed by atoms with E-state index in [-0.39, 0.29) is 0 Å². The second kappa shape index (κ2) is 7.49. The molecule has 3 rings (SSSR count). The first kappa shape index (κ1) is 16.6. The van der Waals surface area contributed by atoms with Crippen molar-refractivity contribution in [3.05, 3.63) is 64.7 Å². The van der Waals surface area contributed by atoms with Crippen molar-refractivity contribution in [3.8, 4) is 5.75 Å². The zero-order valence-corrected chi connectivity index (χ0v) is 14.5. The summed E-state index contributed by atoms with van der Waals surface area (Å²) in [7, 11) is 0. The molecule has 0 bridgehead atoms. The van der Waals surface area contributed by atoms with Crippen molar-refractivity contribution in [3.63, 3.8) is 0 Å². The molecule has 0 aromatic heterocycles. The predicted octanol–water partition coefficient (Wildman–Crippen LogP) is 6.07. The van der Waals surface area contributed by atoms with Gasteiger partial charge in [-0.25, -0.2) is 0 Å². The monoisotopic (exact) mass is 296 g/mol. The van der Waals surface area contributed by atoms with Gasteiger partial charge in [-0.1, -0.05) is 77.1 Å². The molecule has 0 fully saturated rings. The Labute approximate surface area is 135 Å². The SMILES string of the molecule is CC.CC(C)c1ccc2c(c1OCc1ccccc1)C(C)C2. The van der Waals surface area contributed by atoms with Crippen LogP contribution in [0.25, 0.3) is 0 Å². The first-order valence-electron chi connectivity index (χ1n) is 8.49. The van der Waals surface area contributed by atoms with Crippen molar-refractivity contribution in [2.45, 2.75) is 59.5 Å². The molecule has 1 atom stereocenters. The number of hydrogen-bond donors (Lipinski definition) is 0. The fourth-order valence-electron chi connectivity index (χ4n) is 3.02. The quantitative estimate of drug-likeness (QED) is 0.665. The molecule has 118 valence electrons. The van der Waals surface area contributed by atoms with Crippen LogP contribution in [0.1, 0.15) is 68.7 Å². The van der Waals surface area contributed by atoms with E-state index in [0.717, 1.165) is 5.75 Å². The normalized spacial score (nSPS) is 15.5. The summed E-state index contributed by atoms with van der Waals surface area (Å²) in [5, 5.41) is 0. The molecule has 0 heterocycles. The minimum Gasteiger partial charge on any atom is -0.488 e. The van der Waals surface area contributed by atoms with Crippen LogP contribution in [-0.4, -0.2) is 0 Å². The van der Waals surface area contributed by atoms with Crippen molar-refractivity contribution in [2.75, 3.05) is 0 Å². The van der Waals surface area contributed by atoms with Gasteiger partial charge in [0, 0.05) is 5.56 Å². The molecule has 1 heteroatoms. The maximum Gasteiger partial charge on any atom is 0.127 e. The van der Waals surface area contributed by atoms with Gasteiger partial charge in [0.25, 0.3) is 0 Å². The zero-order valence-electron chi connectivity index (χ0n) is 14.5. The topological polar surface area (TPSA) is 9.23 Å². The molecule has 1 aliphatic rings. The lowest BCUT2D eigenvalue weighted by atomic mass is 9.76. The molecule has 0 N–H and O–H groups in total. The second-order valence-corrected chi connectivity index (χ2v) is 6.09. The molecule has 1 aliphatic carbocycles. The van der Waals surface area contributed by atoms with Crippen molar-refractivity contribution in [1.82, 2.24) is 0 Å². The number of benzene rings is 2. The van der Waals surface area contributed by atoms with Crippen LogP contribution in [0.5, 0.6) is 5.75 Å². The van der Waals surface area contributed by atoms with E-state index in [9.17, 15) is 0 Å². The molecule has 1 nitrogen and oxygen atoms in total. The molecule has 2 aromatic carbocycles. The van der Waals surface area contributed by atoms with Crippen LogP contribution in [0.4, 0.5) is 0 Å². The molecule has 2 aromatic rings. The van der Waals surface area contributed by atoms with Gasteiger partial charge < -0.3 is 4.74 Å². The van der Waals surface area contributed by atoms with Crippen molar-refractivity contribution in [1.29, 1.82) is 0 Å². The summed E-state index contributed by atoms with van der Waals surface area (Å²) < 4.78 is 6.22. The third kappa shape index (κ3) is 3.35. The van der Waals surface area contributed by atoms with Crippen LogP contribution in [0.3, 0.4) is 0 Å². The minimum absolute atomic E-state index is 0.499. The fraction of sp³-hybridized carbons (Fsp3) is 0.429. The number of ether oxygens (including phenoxy) is 1. The van der Waals surface area contributed by atoms with Crippen molar-refractivity contribution >= 4 is 0 Å². The Balaban J connectivity index is 0.000000847. The summed E-state index contributed by atoms with van der Waals surface area (Å²) in [4.78, 5) is 0. The molecular formula is C21H28O.